The average molecular weight is 297 g/mol. The lowest BCUT2D eigenvalue weighted by Gasteiger charge is -2.15. The molecule has 3 rings (SSSR count). The Balaban J connectivity index is 2.51. The third-order valence-electron chi connectivity index (χ3n) is 3.75. The van der Waals surface area contributed by atoms with E-state index in [0.29, 0.717) is 22.3 Å². The van der Waals surface area contributed by atoms with Crippen molar-refractivity contribution in [2.24, 2.45) is 5.73 Å². The number of aromatic hydroxyl groups is 1. The summed E-state index contributed by atoms with van der Waals surface area (Å²) in [5.74, 6) is -0.346. The first-order chi connectivity index (χ1) is 10.4. The molecule has 7 nitrogen and oxygen atoms in total. The monoisotopic (exact) mass is 297 g/mol. The van der Waals surface area contributed by atoms with E-state index in [1.54, 1.807) is 29.7 Å². The number of fused-ring (bicyclic) bond motifs is 1. The number of primary amides is 1. The second-order valence-electron chi connectivity index (χ2n) is 5.10. The highest BCUT2D eigenvalue weighted by atomic mass is 16.3. The molecule has 0 spiro atoms. The molecule has 2 heterocycles. The standard InChI is InChI=1S/C15H15N5O2/c1-7-3-4-10(21)8(2)13(7)20-9-5-6-18-19-12(9)11(14(20)16)15(17)22/h3-6,21H,16H2,1-2H3,(H2,17,22). The molecule has 1 aromatic carbocycles. The van der Waals surface area contributed by atoms with Crippen LogP contribution in [0.25, 0.3) is 16.7 Å². The first kappa shape index (κ1) is 13.9. The number of hydrogen-bond donors (Lipinski definition) is 3. The second kappa shape index (κ2) is 4.73. The first-order valence-electron chi connectivity index (χ1n) is 6.64. The van der Waals surface area contributed by atoms with Crippen LogP contribution < -0.4 is 11.5 Å². The van der Waals surface area contributed by atoms with Crippen molar-refractivity contribution in [2.75, 3.05) is 5.73 Å². The molecule has 0 atom stereocenters. The molecule has 0 saturated carbocycles. The Hall–Kier alpha value is -3.09. The molecule has 0 aliphatic carbocycles. The lowest BCUT2D eigenvalue weighted by molar-refractivity contribution is 0.100. The quantitative estimate of drug-likeness (QED) is 0.660. The number of nitrogens with two attached hydrogens (primary N) is 2. The molecule has 22 heavy (non-hydrogen) atoms. The Morgan fingerprint density at radius 1 is 1.27 bits per heavy atom. The van der Waals surface area contributed by atoms with E-state index >= 15 is 0 Å². The number of nitrogens with zero attached hydrogens (tertiary/aromatic N) is 3. The van der Waals surface area contributed by atoms with Crippen LogP contribution in [-0.2, 0) is 0 Å². The summed E-state index contributed by atoms with van der Waals surface area (Å²) in [5, 5.41) is 17.8. The summed E-state index contributed by atoms with van der Waals surface area (Å²) in [6.45, 7) is 3.67. The number of carbonyl (C=O) groups excluding carboxylic acids is 1. The number of anilines is 1. The van der Waals surface area contributed by atoms with Gasteiger partial charge in [0.15, 0.2) is 0 Å². The van der Waals surface area contributed by atoms with Gasteiger partial charge in [-0.15, -0.1) is 5.10 Å². The van der Waals surface area contributed by atoms with Crippen molar-refractivity contribution in [1.29, 1.82) is 0 Å². The van der Waals surface area contributed by atoms with Gasteiger partial charge < -0.3 is 16.6 Å². The highest BCUT2D eigenvalue weighted by Gasteiger charge is 2.23. The minimum Gasteiger partial charge on any atom is -0.508 e. The van der Waals surface area contributed by atoms with Crippen molar-refractivity contribution in [3.63, 3.8) is 0 Å². The first-order valence-corrected chi connectivity index (χ1v) is 6.64. The van der Waals surface area contributed by atoms with Crippen LogP contribution in [0.1, 0.15) is 21.5 Å². The molecule has 0 saturated heterocycles. The minimum atomic E-state index is -0.669. The Morgan fingerprint density at radius 2 is 2.00 bits per heavy atom. The van der Waals surface area contributed by atoms with Gasteiger partial charge in [0.2, 0.25) is 0 Å². The van der Waals surface area contributed by atoms with Gasteiger partial charge in [0, 0.05) is 5.56 Å². The fraction of sp³-hybridized carbons (Fsp3) is 0.133. The third-order valence-corrected chi connectivity index (χ3v) is 3.75. The summed E-state index contributed by atoms with van der Waals surface area (Å²) in [5.41, 5.74) is 14.9. The zero-order valence-corrected chi connectivity index (χ0v) is 12.2. The molecule has 0 unspecified atom stereocenters. The number of hydrogen-bond acceptors (Lipinski definition) is 5. The van der Waals surface area contributed by atoms with Crippen molar-refractivity contribution < 1.29 is 9.90 Å². The smallest absolute Gasteiger partial charge is 0.254 e. The maximum Gasteiger partial charge on any atom is 0.254 e. The SMILES string of the molecule is Cc1ccc(O)c(C)c1-n1c(N)c(C(N)=O)c2nnccc21. The van der Waals surface area contributed by atoms with Gasteiger partial charge in [0.1, 0.15) is 22.6 Å². The summed E-state index contributed by atoms with van der Waals surface area (Å²) in [7, 11) is 0. The van der Waals surface area contributed by atoms with Gasteiger partial charge in [-0.2, -0.15) is 5.10 Å². The van der Waals surface area contributed by atoms with Gasteiger partial charge in [0.25, 0.3) is 5.91 Å². The van der Waals surface area contributed by atoms with Gasteiger partial charge in [-0.05, 0) is 31.5 Å². The molecule has 5 N–H and O–H groups in total. The second-order valence-corrected chi connectivity index (χ2v) is 5.10. The molecule has 7 heteroatoms. The number of phenols is 1. The Bertz CT molecular complexity index is 914. The lowest BCUT2D eigenvalue weighted by Crippen LogP contribution is -2.14. The maximum atomic E-state index is 11.7. The topological polar surface area (TPSA) is 120 Å². The van der Waals surface area contributed by atoms with Crippen LogP contribution in [0.3, 0.4) is 0 Å². The molecule has 1 amide bonds. The third kappa shape index (κ3) is 1.79. The summed E-state index contributed by atoms with van der Waals surface area (Å²) in [4.78, 5) is 11.7. The van der Waals surface area contributed by atoms with Crippen molar-refractivity contribution in [2.45, 2.75) is 13.8 Å². The van der Waals surface area contributed by atoms with Crippen LogP contribution in [0.2, 0.25) is 0 Å². The molecule has 0 radical (unpaired) electrons. The number of carbonyl (C=O) groups is 1. The van der Waals surface area contributed by atoms with Crippen molar-refractivity contribution in [3.8, 4) is 11.4 Å². The molecule has 2 aromatic heterocycles. The minimum absolute atomic E-state index is 0.130. The molecule has 0 aliphatic heterocycles. The number of amides is 1. The average Bonchev–Trinajstić information content (AvgIpc) is 2.76. The zero-order chi connectivity index (χ0) is 16.0. The lowest BCUT2D eigenvalue weighted by atomic mass is 10.1. The number of aromatic nitrogens is 3. The fourth-order valence-electron chi connectivity index (χ4n) is 2.70. The highest BCUT2D eigenvalue weighted by molar-refractivity contribution is 6.10. The summed E-state index contributed by atoms with van der Waals surface area (Å²) in [6.07, 6.45) is 1.51. The van der Waals surface area contributed by atoms with E-state index in [0.717, 1.165) is 5.56 Å². The van der Waals surface area contributed by atoms with Crippen LogP contribution in [-0.4, -0.2) is 25.8 Å². The van der Waals surface area contributed by atoms with Crippen molar-refractivity contribution >= 4 is 22.8 Å². The van der Waals surface area contributed by atoms with Crippen LogP contribution in [0.5, 0.6) is 5.75 Å². The number of rotatable bonds is 2. The van der Waals surface area contributed by atoms with E-state index in [9.17, 15) is 9.90 Å². The Morgan fingerprint density at radius 3 is 2.68 bits per heavy atom. The predicted molar refractivity (Wildman–Crippen MR) is 82.9 cm³/mol. The largest absolute Gasteiger partial charge is 0.508 e. The van der Waals surface area contributed by atoms with Crippen molar-refractivity contribution in [3.05, 3.63) is 41.1 Å². The maximum absolute atomic E-state index is 11.7. The molecule has 0 fully saturated rings. The van der Waals surface area contributed by atoms with Gasteiger partial charge >= 0.3 is 0 Å². The number of aryl methyl sites for hydroxylation is 1. The molecule has 0 bridgehead atoms. The van der Waals surface area contributed by atoms with E-state index in [-0.39, 0.29) is 17.1 Å². The molecule has 0 aliphatic rings. The fourth-order valence-corrected chi connectivity index (χ4v) is 2.70. The van der Waals surface area contributed by atoms with E-state index in [1.165, 1.54) is 6.20 Å². The highest BCUT2D eigenvalue weighted by Crippen LogP contribution is 2.34. The zero-order valence-electron chi connectivity index (χ0n) is 12.2. The van der Waals surface area contributed by atoms with Crippen molar-refractivity contribution in [1.82, 2.24) is 14.8 Å². The Kier molecular flexibility index (Phi) is 2.98. The van der Waals surface area contributed by atoms with E-state index < -0.39 is 5.91 Å². The van der Waals surface area contributed by atoms with E-state index in [4.69, 9.17) is 11.5 Å². The van der Waals surface area contributed by atoms with E-state index in [1.807, 2.05) is 6.92 Å². The normalized spacial score (nSPS) is 11.0. The Labute approximate surface area is 126 Å². The molecular formula is C15H15N5O2. The van der Waals surface area contributed by atoms with Crippen LogP contribution in [0.15, 0.2) is 24.4 Å². The van der Waals surface area contributed by atoms with Gasteiger partial charge in [-0.1, -0.05) is 6.07 Å². The predicted octanol–water partition coefficient (Wildman–Crippen LogP) is 1.42. The van der Waals surface area contributed by atoms with Crippen LogP contribution in [0.4, 0.5) is 5.82 Å². The van der Waals surface area contributed by atoms with Crippen LogP contribution in [0, 0.1) is 13.8 Å². The molecular weight excluding hydrogens is 282 g/mol. The molecule has 112 valence electrons. The van der Waals surface area contributed by atoms with Gasteiger partial charge in [-0.3, -0.25) is 9.36 Å². The number of phenolic OH excluding ortho intramolecular Hbond substituents is 1. The summed E-state index contributed by atoms with van der Waals surface area (Å²) in [6, 6.07) is 5.10. The van der Waals surface area contributed by atoms with E-state index in [2.05, 4.69) is 10.2 Å². The summed E-state index contributed by atoms with van der Waals surface area (Å²) < 4.78 is 1.68. The van der Waals surface area contributed by atoms with Crippen LogP contribution >= 0.6 is 0 Å². The van der Waals surface area contributed by atoms with Gasteiger partial charge in [-0.25, -0.2) is 0 Å². The number of benzene rings is 1. The van der Waals surface area contributed by atoms with Gasteiger partial charge in [0.05, 0.1) is 17.4 Å². The summed E-state index contributed by atoms with van der Waals surface area (Å²) >= 11 is 0. The molecule has 3 aromatic rings. The number of nitrogen functional groups attached to an aromatic ring is 1.